The van der Waals surface area contributed by atoms with E-state index in [4.69, 9.17) is 0 Å². The molecule has 2 rings (SSSR count). The number of hydrogen-bond donors (Lipinski definition) is 0. The van der Waals surface area contributed by atoms with Gasteiger partial charge in [-0.05, 0) is 29.3 Å². The van der Waals surface area contributed by atoms with E-state index in [2.05, 4.69) is 0 Å². The molecule has 0 radical (unpaired) electrons. The molecule has 0 aromatic heterocycles. The second kappa shape index (κ2) is 4.84. The van der Waals surface area contributed by atoms with Crippen molar-refractivity contribution < 1.29 is 22.4 Å². The van der Waals surface area contributed by atoms with E-state index in [9.17, 15) is 22.4 Å². The Morgan fingerprint density at radius 1 is 1.00 bits per heavy atom. The summed E-state index contributed by atoms with van der Waals surface area (Å²) in [5.41, 5.74) is -0.582. The summed E-state index contributed by atoms with van der Waals surface area (Å²) < 4.78 is 51.1. The van der Waals surface area contributed by atoms with Crippen molar-refractivity contribution in [1.29, 1.82) is 0 Å². The fourth-order valence-corrected chi connectivity index (χ4v) is 1.77. The van der Waals surface area contributed by atoms with E-state index < -0.39 is 17.6 Å². The normalized spacial score (nSPS) is 11.4. The lowest BCUT2D eigenvalue weighted by molar-refractivity contribution is -0.137. The Bertz CT molecular complexity index is 617. The fraction of sp³-hybridized carbons (Fsp3) is 0.0714. The molecular weight excluding hydrogens is 260 g/mol. The summed E-state index contributed by atoms with van der Waals surface area (Å²) in [6.45, 7) is 0. The van der Waals surface area contributed by atoms with Crippen molar-refractivity contribution in [2.45, 2.75) is 6.18 Å². The van der Waals surface area contributed by atoms with Crippen LogP contribution in [0.3, 0.4) is 0 Å². The van der Waals surface area contributed by atoms with E-state index in [1.807, 2.05) is 0 Å². The highest BCUT2D eigenvalue weighted by Gasteiger charge is 2.31. The zero-order chi connectivity index (χ0) is 14.0. The second-order valence-electron chi connectivity index (χ2n) is 3.93. The van der Waals surface area contributed by atoms with E-state index >= 15 is 0 Å². The first kappa shape index (κ1) is 13.3. The van der Waals surface area contributed by atoms with E-state index in [1.165, 1.54) is 12.1 Å². The molecule has 0 atom stereocenters. The molecule has 98 valence electrons. The molecule has 0 amide bonds. The molecular formula is C14H8F4O. The Morgan fingerprint density at radius 3 is 2.32 bits per heavy atom. The number of carbonyl (C=O) groups is 1. The first-order valence-corrected chi connectivity index (χ1v) is 5.34. The second-order valence-corrected chi connectivity index (χ2v) is 3.93. The molecule has 0 fully saturated rings. The Morgan fingerprint density at radius 2 is 1.68 bits per heavy atom. The third-order valence-electron chi connectivity index (χ3n) is 2.62. The first-order chi connectivity index (χ1) is 8.91. The molecule has 0 aliphatic rings. The number of aldehydes is 1. The molecule has 0 aliphatic carbocycles. The fourth-order valence-electron chi connectivity index (χ4n) is 1.77. The third kappa shape index (κ3) is 2.81. The summed E-state index contributed by atoms with van der Waals surface area (Å²) in [6.07, 6.45) is -4.11. The van der Waals surface area contributed by atoms with Gasteiger partial charge in [0.25, 0.3) is 0 Å². The highest BCUT2D eigenvalue weighted by atomic mass is 19.4. The summed E-state index contributed by atoms with van der Waals surface area (Å²) in [6, 6.07) is 8.30. The molecule has 5 heteroatoms. The predicted molar refractivity (Wildman–Crippen MR) is 62.2 cm³/mol. The lowest BCUT2D eigenvalue weighted by Gasteiger charge is -2.10. The van der Waals surface area contributed by atoms with Crippen LogP contribution in [0.15, 0.2) is 42.5 Å². The maximum absolute atomic E-state index is 13.3. The Hall–Kier alpha value is -2.17. The van der Waals surface area contributed by atoms with Gasteiger partial charge in [-0.1, -0.05) is 24.3 Å². The summed E-state index contributed by atoms with van der Waals surface area (Å²) in [7, 11) is 0. The van der Waals surface area contributed by atoms with Gasteiger partial charge in [0.1, 0.15) is 5.82 Å². The number of rotatable bonds is 2. The van der Waals surface area contributed by atoms with Crippen molar-refractivity contribution >= 4 is 6.29 Å². The first-order valence-electron chi connectivity index (χ1n) is 5.34. The van der Waals surface area contributed by atoms with Gasteiger partial charge in [-0.25, -0.2) is 4.39 Å². The molecule has 1 nitrogen and oxygen atoms in total. The molecule has 0 bridgehead atoms. The van der Waals surface area contributed by atoms with Crippen molar-refractivity contribution in [2.75, 3.05) is 0 Å². The van der Waals surface area contributed by atoms with E-state index in [-0.39, 0.29) is 16.7 Å². The van der Waals surface area contributed by atoms with Crippen LogP contribution in [-0.4, -0.2) is 6.29 Å². The van der Waals surface area contributed by atoms with Crippen molar-refractivity contribution in [3.63, 3.8) is 0 Å². The highest BCUT2D eigenvalue weighted by Crippen LogP contribution is 2.33. The van der Waals surface area contributed by atoms with Gasteiger partial charge in [-0.2, -0.15) is 13.2 Å². The average Bonchev–Trinajstić information content (AvgIpc) is 2.37. The Labute approximate surface area is 106 Å². The summed E-state index contributed by atoms with van der Waals surface area (Å²) >= 11 is 0. The van der Waals surface area contributed by atoms with Gasteiger partial charge in [0, 0.05) is 5.56 Å². The number of carbonyl (C=O) groups excluding carboxylic acids is 1. The van der Waals surface area contributed by atoms with Gasteiger partial charge in [0.15, 0.2) is 6.29 Å². The molecule has 0 saturated carbocycles. The predicted octanol–water partition coefficient (Wildman–Crippen LogP) is 4.32. The van der Waals surface area contributed by atoms with Crippen LogP contribution < -0.4 is 0 Å². The number of benzene rings is 2. The third-order valence-corrected chi connectivity index (χ3v) is 2.62. The van der Waals surface area contributed by atoms with Crippen LogP contribution in [-0.2, 0) is 6.18 Å². The Balaban J connectivity index is 2.63. The van der Waals surface area contributed by atoms with Crippen molar-refractivity contribution in [3.05, 3.63) is 59.4 Å². The smallest absolute Gasteiger partial charge is 0.298 e. The summed E-state index contributed by atoms with van der Waals surface area (Å²) in [4.78, 5) is 10.9. The lowest BCUT2D eigenvalue weighted by atomic mass is 9.98. The molecule has 0 spiro atoms. The molecule has 0 saturated heterocycles. The van der Waals surface area contributed by atoms with Gasteiger partial charge in [0.05, 0.1) is 5.56 Å². The molecule has 2 aromatic rings. The van der Waals surface area contributed by atoms with Gasteiger partial charge >= 0.3 is 6.18 Å². The topological polar surface area (TPSA) is 17.1 Å². The van der Waals surface area contributed by atoms with Crippen molar-refractivity contribution in [1.82, 2.24) is 0 Å². The minimum absolute atomic E-state index is 0.0232. The maximum Gasteiger partial charge on any atom is 0.416 e. The molecule has 2 aromatic carbocycles. The molecule has 0 unspecified atom stereocenters. The standard InChI is InChI=1S/C14H8F4O/c15-12-6-10(5-11(7-12)14(16,17)18)13-4-2-1-3-9(13)8-19/h1-8H. The molecule has 0 N–H and O–H groups in total. The van der Waals surface area contributed by atoms with Crippen LogP contribution in [0.2, 0.25) is 0 Å². The van der Waals surface area contributed by atoms with Crippen molar-refractivity contribution in [3.8, 4) is 11.1 Å². The van der Waals surface area contributed by atoms with Crippen LogP contribution in [0.4, 0.5) is 17.6 Å². The molecule has 0 heterocycles. The molecule has 0 aliphatic heterocycles. The minimum Gasteiger partial charge on any atom is -0.298 e. The zero-order valence-corrected chi connectivity index (χ0v) is 9.54. The van der Waals surface area contributed by atoms with Gasteiger partial charge < -0.3 is 0 Å². The van der Waals surface area contributed by atoms with Gasteiger partial charge in [0.2, 0.25) is 0 Å². The number of alkyl halides is 3. The quantitative estimate of drug-likeness (QED) is 0.585. The van der Waals surface area contributed by atoms with Crippen LogP contribution in [0.5, 0.6) is 0 Å². The lowest BCUT2D eigenvalue weighted by Crippen LogP contribution is -2.05. The monoisotopic (exact) mass is 268 g/mol. The van der Waals surface area contributed by atoms with Crippen LogP contribution in [0.25, 0.3) is 11.1 Å². The van der Waals surface area contributed by atoms with E-state index in [1.54, 1.807) is 12.1 Å². The van der Waals surface area contributed by atoms with Crippen LogP contribution in [0, 0.1) is 5.82 Å². The van der Waals surface area contributed by atoms with E-state index in [0.29, 0.717) is 12.4 Å². The van der Waals surface area contributed by atoms with Gasteiger partial charge in [-0.3, -0.25) is 4.79 Å². The summed E-state index contributed by atoms with van der Waals surface area (Å²) in [5.74, 6) is -0.995. The van der Waals surface area contributed by atoms with E-state index in [0.717, 1.165) is 12.1 Å². The zero-order valence-electron chi connectivity index (χ0n) is 9.54. The Kier molecular flexibility index (Phi) is 3.38. The minimum atomic E-state index is -4.63. The van der Waals surface area contributed by atoms with Crippen molar-refractivity contribution in [2.24, 2.45) is 0 Å². The van der Waals surface area contributed by atoms with Crippen LogP contribution in [0.1, 0.15) is 15.9 Å². The molecule has 19 heavy (non-hydrogen) atoms. The number of halogens is 4. The average molecular weight is 268 g/mol. The summed E-state index contributed by atoms with van der Waals surface area (Å²) in [5, 5.41) is 0. The number of hydrogen-bond acceptors (Lipinski definition) is 1. The maximum atomic E-state index is 13.3. The largest absolute Gasteiger partial charge is 0.416 e. The highest BCUT2D eigenvalue weighted by molar-refractivity contribution is 5.87. The van der Waals surface area contributed by atoms with Crippen LogP contribution >= 0.6 is 0 Å². The van der Waals surface area contributed by atoms with Gasteiger partial charge in [-0.15, -0.1) is 0 Å². The SMILES string of the molecule is O=Cc1ccccc1-c1cc(F)cc(C(F)(F)F)c1.